The van der Waals surface area contributed by atoms with Crippen LogP contribution in [-0.2, 0) is 4.74 Å². The van der Waals surface area contributed by atoms with E-state index in [0.717, 1.165) is 12.8 Å². The highest BCUT2D eigenvalue weighted by Gasteiger charge is 2.37. The molecule has 1 fully saturated rings. The molecule has 0 radical (unpaired) electrons. The number of fused-ring (bicyclic) bond motifs is 1. The van der Waals surface area contributed by atoms with Crippen LogP contribution in [-0.4, -0.2) is 36.0 Å². The first-order chi connectivity index (χ1) is 8.66. The second-order valence-electron chi connectivity index (χ2n) is 4.66. The quantitative estimate of drug-likeness (QED) is 0.625. The third kappa shape index (κ3) is 1.67. The van der Waals surface area contributed by atoms with Crippen molar-refractivity contribution in [2.75, 3.05) is 18.9 Å². The maximum absolute atomic E-state index is 12.1. The Morgan fingerprint density at radius 3 is 2.78 bits per heavy atom. The van der Waals surface area contributed by atoms with Gasteiger partial charge in [0.2, 0.25) is 0 Å². The van der Waals surface area contributed by atoms with Crippen LogP contribution >= 0.6 is 0 Å². The van der Waals surface area contributed by atoms with Gasteiger partial charge in [-0.15, -0.1) is 0 Å². The average Bonchev–Trinajstić information content (AvgIpc) is 2.93. The zero-order valence-electron chi connectivity index (χ0n) is 9.89. The van der Waals surface area contributed by atoms with Gasteiger partial charge in [0, 0.05) is 12.3 Å². The van der Waals surface area contributed by atoms with Gasteiger partial charge in [0.15, 0.2) is 0 Å². The number of rotatable bonds is 2. The fraction of sp³-hybridized carbons (Fsp3) is 0.385. The molecule has 0 bridgehead atoms. The Morgan fingerprint density at radius 2 is 2.06 bits per heavy atom. The van der Waals surface area contributed by atoms with Crippen molar-refractivity contribution in [2.45, 2.75) is 18.9 Å². The second-order valence-corrected chi connectivity index (χ2v) is 4.66. The molecule has 3 rings (SSSR count). The number of carbonyl (C=O) groups is 2. The molecule has 1 atom stereocenters. The molecule has 0 saturated carbocycles. The van der Waals surface area contributed by atoms with E-state index in [4.69, 9.17) is 10.5 Å². The van der Waals surface area contributed by atoms with Crippen molar-refractivity contribution < 1.29 is 14.3 Å². The summed E-state index contributed by atoms with van der Waals surface area (Å²) in [6.07, 6.45) is 1.86. The molecule has 18 heavy (non-hydrogen) atoms. The summed E-state index contributed by atoms with van der Waals surface area (Å²) in [6.45, 7) is 1.05. The van der Waals surface area contributed by atoms with Gasteiger partial charge in [-0.1, -0.05) is 0 Å². The van der Waals surface area contributed by atoms with Crippen molar-refractivity contribution in [1.82, 2.24) is 4.90 Å². The van der Waals surface area contributed by atoms with Crippen LogP contribution < -0.4 is 5.73 Å². The Balaban J connectivity index is 1.87. The minimum absolute atomic E-state index is 0.0236. The Bertz CT molecular complexity index is 521. The summed E-state index contributed by atoms with van der Waals surface area (Å²) in [4.78, 5) is 25.5. The van der Waals surface area contributed by atoms with Crippen LogP contribution in [0, 0.1) is 0 Å². The lowest BCUT2D eigenvalue weighted by atomic mass is 10.1. The summed E-state index contributed by atoms with van der Waals surface area (Å²) in [5.41, 5.74) is 6.97. The Hall–Kier alpha value is -1.88. The monoisotopic (exact) mass is 246 g/mol. The van der Waals surface area contributed by atoms with E-state index >= 15 is 0 Å². The van der Waals surface area contributed by atoms with Crippen LogP contribution in [0.1, 0.15) is 33.6 Å². The maximum atomic E-state index is 12.1. The van der Waals surface area contributed by atoms with Crippen LogP contribution in [0.3, 0.4) is 0 Å². The molecule has 0 aromatic heterocycles. The van der Waals surface area contributed by atoms with Crippen molar-refractivity contribution in [2.24, 2.45) is 0 Å². The van der Waals surface area contributed by atoms with Gasteiger partial charge in [0.25, 0.3) is 11.8 Å². The molecule has 2 heterocycles. The smallest absolute Gasteiger partial charge is 0.261 e. The topological polar surface area (TPSA) is 72.6 Å². The fourth-order valence-electron chi connectivity index (χ4n) is 2.47. The molecule has 94 valence electrons. The first kappa shape index (κ1) is 11.2. The van der Waals surface area contributed by atoms with Gasteiger partial charge in [-0.25, -0.2) is 0 Å². The van der Waals surface area contributed by atoms with Gasteiger partial charge < -0.3 is 10.5 Å². The first-order valence-electron chi connectivity index (χ1n) is 6.04. The molecule has 2 N–H and O–H groups in total. The van der Waals surface area contributed by atoms with Gasteiger partial charge in [0.05, 0.1) is 23.8 Å². The number of imide groups is 1. The van der Waals surface area contributed by atoms with E-state index in [2.05, 4.69) is 0 Å². The van der Waals surface area contributed by atoms with E-state index in [1.165, 1.54) is 4.90 Å². The first-order valence-corrected chi connectivity index (χ1v) is 6.04. The van der Waals surface area contributed by atoms with Gasteiger partial charge in [-0.3, -0.25) is 14.5 Å². The number of benzene rings is 1. The molecule has 1 aromatic carbocycles. The van der Waals surface area contributed by atoms with Crippen molar-refractivity contribution in [1.29, 1.82) is 0 Å². The number of nitrogen functional groups attached to an aromatic ring is 1. The van der Waals surface area contributed by atoms with Crippen molar-refractivity contribution in [3.05, 3.63) is 29.3 Å². The minimum Gasteiger partial charge on any atom is -0.399 e. The van der Waals surface area contributed by atoms with E-state index in [1.807, 2.05) is 0 Å². The zero-order valence-corrected chi connectivity index (χ0v) is 9.89. The molecule has 0 spiro atoms. The number of nitrogens with two attached hydrogens (primary N) is 1. The summed E-state index contributed by atoms with van der Waals surface area (Å²) in [5, 5.41) is 0. The molecule has 5 heteroatoms. The standard InChI is InChI=1S/C13H14N2O3/c14-8-3-4-10-11(6-8)13(17)15(12(10)16)7-9-2-1-5-18-9/h3-4,6,9H,1-2,5,7,14H2/t9-/m0/s1. The Labute approximate surface area is 105 Å². The van der Waals surface area contributed by atoms with Gasteiger partial charge in [-0.2, -0.15) is 0 Å². The normalized spacial score (nSPS) is 22.7. The summed E-state index contributed by atoms with van der Waals surface area (Å²) >= 11 is 0. The number of carbonyl (C=O) groups excluding carboxylic acids is 2. The fourth-order valence-corrected chi connectivity index (χ4v) is 2.47. The molecule has 0 unspecified atom stereocenters. The van der Waals surface area contributed by atoms with Crippen molar-refractivity contribution in [3.8, 4) is 0 Å². The number of ether oxygens (including phenoxy) is 1. The molecule has 1 saturated heterocycles. The SMILES string of the molecule is Nc1ccc2c(c1)C(=O)N(C[C@@H]1CCCO1)C2=O. The molecular formula is C13H14N2O3. The number of amides is 2. The third-order valence-electron chi connectivity index (χ3n) is 3.40. The minimum atomic E-state index is -0.266. The highest BCUT2D eigenvalue weighted by atomic mass is 16.5. The van der Waals surface area contributed by atoms with E-state index < -0.39 is 0 Å². The Kier molecular flexibility index (Phi) is 2.56. The molecule has 2 aliphatic rings. The predicted molar refractivity (Wildman–Crippen MR) is 65.2 cm³/mol. The van der Waals surface area contributed by atoms with Crippen LogP contribution in [0.4, 0.5) is 5.69 Å². The average molecular weight is 246 g/mol. The maximum Gasteiger partial charge on any atom is 0.261 e. The number of hydrogen-bond donors (Lipinski definition) is 1. The number of hydrogen-bond acceptors (Lipinski definition) is 4. The lowest BCUT2D eigenvalue weighted by molar-refractivity contribution is 0.0475. The van der Waals surface area contributed by atoms with Crippen LogP contribution in [0.15, 0.2) is 18.2 Å². The molecule has 2 aliphatic heterocycles. The second kappa shape index (κ2) is 4.10. The predicted octanol–water partition coefficient (Wildman–Crippen LogP) is 1.04. The van der Waals surface area contributed by atoms with E-state index in [1.54, 1.807) is 18.2 Å². The van der Waals surface area contributed by atoms with E-state index in [0.29, 0.717) is 30.0 Å². The molecule has 0 aliphatic carbocycles. The summed E-state index contributed by atoms with van der Waals surface area (Å²) in [5.74, 6) is -0.511. The van der Waals surface area contributed by atoms with E-state index in [9.17, 15) is 9.59 Å². The highest BCUT2D eigenvalue weighted by Crippen LogP contribution is 2.26. The molecular weight excluding hydrogens is 232 g/mol. The van der Waals surface area contributed by atoms with Gasteiger partial charge in [-0.05, 0) is 31.0 Å². The molecule has 1 aromatic rings. The summed E-state index contributed by atoms with van der Waals surface area (Å²) < 4.78 is 5.46. The number of nitrogens with zero attached hydrogens (tertiary/aromatic N) is 1. The molecule has 5 nitrogen and oxygen atoms in total. The lowest BCUT2D eigenvalue weighted by Crippen LogP contribution is -2.36. The van der Waals surface area contributed by atoms with Gasteiger partial charge >= 0.3 is 0 Å². The number of anilines is 1. The van der Waals surface area contributed by atoms with Crippen molar-refractivity contribution in [3.63, 3.8) is 0 Å². The highest BCUT2D eigenvalue weighted by molar-refractivity contribution is 6.21. The Morgan fingerprint density at radius 1 is 1.28 bits per heavy atom. The van der Waals surface area contributed by atoms with E-state index in [-0.39, 0.29) is 17.9 Å². The summed E-state index contributed by atoms with van der Waals surface area (Å²) in [6, 6.07) is 4.81. The van der Waals surface area contributed by atoms with Crippen LogP contribution in [0.2, 0.25) is 0 Å². The van der Waals surface area contributed by atoms with Crippen LogP contribution in [0.25, 0.3) is 0 Å². The molecule has 2 amide bonds. The van der Waals surface area contributed by atoms with Gasteiger partial charge in [0.1, 0.15) is 0 Å². The third-order valence-corrected chi connectivity index (χ3v) is 3.40. The lowest BCUT2D eigenvalue weighted by Gasteiger charge is -2.17. The summed E-state index contributed by atoms with van der Waals surface area (Å²) in [7, 11) is 0. The zero-order chi connectivity index (χ0) is 12.7. The van der Waals surface area contributed by atoms with Crippen molar-refractivity contribution >= 4 is 17.5 Å². The van der Waals surface area contributed by atoms with Crippen LogP contribution in [0.5, 0.6) is 0 Å². The largest absolute Gasteiger partial charge is 0.399 e.